The van der Waals surface area contributed by atoms with Crippen molar-refractivity contribution in [3.8, 4) is 0 Å². The van der Waals surface area contributed by atoms with Gasteiger partial charge in [-0.3, -0.25) is 0 Å². The molecule has 7 nitrogen and oxygen atoms in total. The van der Waals surface area contributed by atoms with Gasteiger partial charge in [0.1, 0.15) is 12.2 Å². The van der Waals surface area contributed by atoms with E-state index in [4.69, 9.17) is 9.47 Å². The van der Waals surface area contributed by atoms with E-state index < -0.39 is 17.8 Å². The molecule has 1 aromatic rings. The Morgan fingerprint density at radius 2 is 1.96 bits per heavy atom. The van der Waals surface area contributed by atoms with E-state index in [2.05, 4.69) is 5.32 Å². The highest BCUT2D eigenvalue weighted by molar-refractivity contribution is 5.70. The van der Waals surface area contributed by atoms with Crippen molar-refractivity contribution in [3.05, 3.63) is 35.9 Å². The van der Waals surface area contributed by atoms with E-state index >= 15 is 0 Å². The molecule has 2 rings (SSSR count). The summed E-state index contributed by atoms with van der Waals surface area (Å²) in [6.07, 6.45) is 0.860. The first-order valence-electron chi connectivity index (χ1n) is 9.38. The van der Waals surface area contributed by atoms with E-state index in [1.54, 1.807) is 25.7 Å². The number of carbonyl (C=O) groups excluding carboxylic acids is 2. The molecule has 0 aromatic heterocycles. The molecule has 1 saturated heterocycles. The molecule has 1 aliphatic heterocycles. The number of aliphatic hydroxyl groups is 1. The normalized spacial score (nSPS) is 20.1. The van der Waals surface area contributed by atoms with Crippen molar-refractivity contribution in [1.82, 2.24) is 10.2 Å². The first kappa shape index (κ1) is 21.0. The molecule has 1 fully saturated rings. The maximum absolute atomic E-state index is 12.6. The van der Waals surface area contributed by atoms with Crippen LogP contribution in [0.25, 0.3) is 0 Å². The summed E-state index contributed by atoms with van der Waals surface area (Å²) in [6.45, 7) is 6.03. The van der Waals surface area contributed by atoms with Gasteiger partial charge in [-0.2, -0.15) is 0 Å². The number of likely N-dealkylation sites (tertiary alicyclic amines) is 1. The lowest BCUT2D eigenvalue weighted by atomic mass is 9.94. The fourth-order valence-corrected chi connectivity index (χ4v) is 3.20. The first-order chi connectivity index (χ1) is 12.8. The molecule has 2 atom stereocenters. The third-order valence-electron chi connectivity index (χ3n) is 4.35. The summed E-state index contributed by atoms with van der Waals surface area (Å²) in [5.41, 5.74) is 0.310. The Bertz CT molecular complexity index is 615. The molecular formula is C20H30N2O5. The Kier molecular flexibility index (Phi) is 7.47. The number of nitrogens with zero attached hydrogens (tertiary/aromatic N) is 1. The molecule has 150 valence electrons. The van der Waals surface area contributed by atoms with Crippen molar-refractivity contribution in [2.24, 2.45) is 0 Å². The number of piperidine rings is 1. The molecule has 0 radical (unpaired) electrons. The van der Waals surface area contributed by atoms with E-state index in [0.29, 0.717) is 19.4 Å². The number of hydrogen-bond donors (Lipinski definition) is 2. The average molecular weight is 378 g/mol. The summed E-state index contributed by atoms with van der Waals surface area (Å²) in [4.78, 5) is 26.3. The van der Waals surface area contributed by atoms with Gasteiger partial charge in [-0.15, -0.1) is 0 Å². The number of benzene rings is 1. The van der Waals surface area contributed by atoms with Gasteiger partial charge in [0, 0.05) is 13.2 Å². The van der Waals surface area contributed by atoms with Crippen LogP contribution in [0.4, 0.5) is 9.59 Å². The summed E-state index contributed by atoms with van der Waals surface area (Å²) in [6, 6.07) is 8.84. The van der Waals surface area contributed by atoms with Gasteiger partial charge in [0.15, 0.2) is 0 Å². The molecule has 2 N–H and O–H groups in total. The second kappa shape index (κ2) is 9.60. The Morgan fingerprint density at radius 3 is 2.59 bits per heavy atom. The molecule has 27 heavy (non-hydrogen) atoms. The lowest BCUT2D eigenvalue weighted by molar-refractivity contribution is 0.0305. The predicted molar refractivity (Wildman–Crippen MR) is 101 cm³/mol. The van der Waals surface area contributed by atoms with Crippen LogP contribution in [0.3, 0.4) is 0 Å². The fraction of sp³-hybridized carbons (Fsp3) is 0.600. The average Bonchev–Trinajstić information content (AvgIpc) is 2.60. The summed E-state index contributed by atoms with van der Waals surface area (Å²) in [7, 11) is 0. The second-order valence-corrected chi connectivity index (χ2v) is 7.71. The van der Waals surface area contributed by atoms with Gasteiger partial charge < -0.3 is 24.8 Å². The summed E-state index contributed by atoms with van der Waals surface area (Å²) in [5, 5.41) is 12.3. The number of ether oxygens (including phenoxy) is 2. The highest BCUT2D eigenvalue weighted by Crippen LogP contribution is 2.22. The molecule has 1 aromatic carbocycles. The van der Waals surface area contributed by atoms with Gasteiger partial charge in [0.2, 0.25) is 0 Å². The Labute approximate surface area is 160 Å². The van der Waals surface area contributed by atoms with Crippen LogP contribution in [0.15, 0.2) is 30.3 Å². The lowest BCUT2D eigenvalue weighted by Crippen LogP contribution is -2.57. The van der Waals surface area contributed by atoms with Gasteiger partial charge in [0.25, 0.3) is 0 Å². The number of aliphatic hydroxyl groups excluding tert-OH is 1. The van der Waals surface area contributed by atoms with E-state index in [-0.39, 0.29) is 25.3 Å². The molecule has 2 amide bonds. The highest BCUT2D eigenvalue weighted by Gasteiger charge is 2.36. The molecule has 0 bridgehead atoms. The summed E-state index contributed by atoms with van der Waals surface area (Å²) < 4.78 is 10.8. The topological polar surface area (TPSA) is 88.1 Å². The lowest BCUT2D eigenvalue weighted by Gasteiger charge is -2.40. The molecule has 0 spiro atoms. The van der Waals surface area contributed by atoms with Crippen molar-refractivity contribution < 1.29 is 24.2 Å². The molecule has 2 unspecified atom stereocenters. The van der Waals surface area contributed by atoms with Gasteiger partial charge >= 0.3 is 12.2 Å². The standard InChI is InChI=1S/C20H30N2O5/c1-20(2,3)27-18(24)21-16-10-7-12-22(17(16)11-13-23)19(25)26-14-15-8-5-4-6-9-15/h4-6,8-9,16-17,23H,7,10-14H2,1-3H3,(H,21,24). The zero-order valence-electron chi connectivity index (χ0n) is 16.3. The Morgan fingerprint density at radius 1 is 1.26 bits per heavy atom. The molecule has 1 heterocycles. The number of rotatable bonds is 5. The number of alkyl carbamates (subject to hydrolysis) is 1. The third kappa shape index (κ3) is 6.75. The Hall–Kier alpha value is -2.28. The molecule has 0 aliphatic carbocycles. The van der Waals surface area contributed by atoms with Crippen molar-refractivity contribution in [2.45, 2.75) is 64.3 Å². The van der Waals surface area contributed by atoms with Gasteiger partial charge in [-0.25, -0.2) is 9.59 Å². The van der Waals surface area contributed by atoms with Gasteiger partial charge in [-0.05, 0) is 45.6 Å². The largest absolute Gasteiger partial charge is 0.445 e. The van der Waals surface area contributed by atoms with Crippen LogP contribution in [-0.2, 0) is 16.1 Å². The van der Waals surface area contributed by atoms with Crippen LogP contribution in [0.2, 0.25) is 0 Å². The van der Waals surface area contributed by atoms with Crippen LogP contribution in [0, 0.1) is 0 Å². The minimum absolute atomic E-state index is 0.0837. The molecule has 0 saturated carbocycles. The van der Waals surface area contributed by atoms with E-state index in [0.717, 1.165) is 12.0 Å². The van der Waals surface area contributed by atoms with Crippen molar-refractivity contribution in [1.29, 1.82) is 0 Å². The SMILES string of the molecule is CC(C)(C)OC(=O)NC1CCCN(C(=O)OCc2ccccc2)C1CCO. The zero-order chi connectivity index (χ0) is 19.9. The molecule has 1 aliphatic rings. The maximum atomic E-state index is 12.6. The van der Waals surface area contributed by atoms with Crippen molar-refractivity contribution in [2.75, 3.05) is 13.2 Å². The van der Waals surface area contributed by atoms with Gasteiger partial charge in [-0.1, -0.05) is 30.3 Å². The number of hydrogen-bond acceptors (Lipinski definition) is 5. The molecular weight excluding hydrogens is 348 g/mol. The van der Waals surface area contributed by atoms with E-state index in [1.165, 1.54) is 0 Å². The quantitative estimate of drug-likeness (QED) is 0.822. The minimum Gasteiger partial charge on any atom is -0.445 e. The van der Waals surface area contributed by atoms with Crippen molar-refractivity contribution in [3.63, 3.8) is 0 Å². The third-order valence-corrected chi connectivity index (χ3v) is 4.35. The fourth-order valence-electron chi connectivity index (χ4n) is 3.20. The van der Waals surface area contributed by atoms with Crippen LogP contribution >= 0.6 is 0 Å². The van der Waals surface area contributed by atoms with Crippen LogP contribution in [0.1, 0.15) is 45.6 Å². The monoisotopic (exact) mass is 378 g/mol. The highest BCUT2D eigenvalue weighted by atomic mass is 16.6. The Balaban J connectivity index is 1.99. The smallest absolute Gasteiger partial charge is 0.410 e. The summed E-state index contributed by atoms with van der Waals surface area (Å²) >= 11 is 0. The van der Waals surface area contributed by atoms with Crippen LogP contribution in [0.5, 0.6) is 0 Å². The zero-order valence-corrected chi connectivity index (χ0v) is 16.3. The number of nitrogens with one attached hydrogen (secondary N) is 1. The summed E-state index contributed by atoms with van der Waals surface area (Å²) in [5.74, 6) is 0. The first-order valence-corrected chi connectivity index (χ1v) is 9.38. The minimum atomic E-state index is -0.598. The maximum Gasteiger partial charge on any atom is 0.410 e. The van der Waals surface area contributed by atoms with Crippen LogP contribution in [-0.4, -0.2) is 53.0 Å². The predicted octanol–water partition coefficient (Wildman–Crippen LogP) is 3.06. The number of amides is 2. The molecule has 7 heteroatoms. The second-order valence-electron chi connectivity index (χ2n) is 7.71. The van der Waals surface area contributed by atoms with Crippen LogP contribution < -0.4 is 5.32 Å². The van der Waals surface area contributed by atoms with E-state index in [9.17, 15) is 14.7 Å². The van der Waals surface area contributed by atoms with Crippen molar-refractivity contribution >= 4 is 12.2 Å². The van der Waals surface area contributed by atoms with E-state index in [1.807, 2.05) is 30.3 Å². The van der Waals surface area contributed by atoms with Gasteiger partial charge in [0.05, 0.1) is 12.1 Å². The number of carbonyl (C=O) groups is 2.